The maximum Gasteiger partial charge on any atom is 0.333 e. The Morgan fingerprint density at radius 3 is 2.69 bits per heavy atom. The topological polar surface area (TPSA) is 72.3 Å². The van der Waals surface area contributed by atoms with Gasteiger partial charge >= 0.3 is 5.97 Å². The fourth-order valence-corrected chi connectivity index (χ4v) is 0.873. The van der Waals surface area contributed by atoms with Crippen LogP contribution in [0.15, 0.2) is 18.5 Å². The molecule has 1 heterocycles. The van der Waals surface area contributed by atoms with Crippen molar-refractivity contribution in [3.63, 3.8) is 0 Å². The summed E-state index contributed by atoms with van der Waals surface area (Å²) in [6.07, 6.45) is 2.45. The fourth-order valence-electron chi connectivity index (χ4n) is 0.873. The summed E-state index contributed by atoms with van der Waals surface area (Å²) in [6, 6.07) is 1.67. The van der Waals surface area contributed by atoms with Crippen LogP contribution in [-0.4, -0.2) is 34.3 Å². The Balaban J connectivity index is 2.62. The lowest BCUT2D eigenvalue weighted by atomic mass is 10.2. The van der Waals surface area contributed by atoms with Gasteiger partial charge in [-0.2, -0.15) is 0 Å². The molecule has 1 aromatic rings. The van der Waals surface area contributed by atoms with Gasteiger partial charge in [-0.3, -0.25) is 0 Å². The molecule has 0 amide bonds. The molecule has 0 aromatic carbocycles. The van der Waals surface area contributed by atoms with Gasteiger partial charge < -0.3 is 9.84 Å². The molecule has 5 heteroatoms. The summed E-state index contributed by atoms with van der Waals surface area (Å²) in [5, 5.41) is 8.65. The van der Waals surface area contributed by atoms with Crippen molar-refractivity contribution in [2.75, 3.05) is 7.11 Å². The van der Waals surface area contributed by atoms with E-state index in [0.29, 0.717) is 5.82 Å². The zero-order chi connectivity index (χ0) is 9.68. The molecule has 1 atom stereocenters. The van der Waals surface area contributed by atoms with E-state index in [-0.39, 0.29) is 6.42 Å². The summed E-state index contributed by atoms with van der Waals surface area (Å²) in [4.78, 5) is 18.3. The molecular formula is C8H10N2O3. The molecule has 1 aromatic heterocycles. The minimum atomic E-state index is -1.00. The first-order chi connectivity index (χ1) is 6.24. The highest BCUT2D eigenvalue weighted by atomic mass is 16.5. The van der Waals surface area contributed by atoms with Crippen LogP contribution >= 0.6 is 0 Å². The van der Waals surface area contributed by atoms with Crippen molar-refractivity contribution in [3.8, 4) is 0 Å². The van der Waals surface area contributed by atoms with Crippen molar-refractivity contribution in [1.82, 2.24) is 9.97 Å². The zero-order valence-electron chi connectivity index (χ0n) is 7.17. The number of ether oxygens (including phenoxy) is 1. The van der Waals surface area contributed by atoms with Crippen molar-refractivity contribution in [1.29, 1.82) is 0 Å². The van der Waals surface area contributed by atoms with Crippen molar-refractivity contribution < 1.29 is 14.6 Å². The number of hydrogen-bond donors (Lipinski definition) is 1. The van der Waals surface area contributed by atoms with Crippen LogP contribution in [0.3, 0.4) is 0 Å². The summed E-state index contributed by atoms with van der Waals surface area (Å²) < 4.78 is 4.74. The maximum absolute atomic E-state index is 10.6. The number of aliphatic carboxylic acids is 1. The fraction of sp³-hybridized carbons (Fsp3) is 0.375. The lowest BCUT2D eigenvalue weighted by molar-refractivity contribution is -0.148. The van der Waals surface area contributed by atoms with Crippen LogP contribution in [0, 0.1) is 0 Å². The van der Waals surface area contributed by atoms with Gasteiger partial charge in [-0.1, -0.05) is 0 Å². The SMILES string of the molecule is COC(Cc1ncccn1)C(=O)O. The molecule has 13 heavy (non-hydrogen) atoms. The summed E-state index contributed by atoms with van der Waals surface area (Å²) in [6.45, 7) is 0. The smallest absolute Gasteiger partial charge is 0.333 e. The van der Waals surface area contributed by atoms with E-state index >= 15 is 0 Å². The zero-order valence-corrected chi connectivity index (χ0v) is 7.17. The largest absolute Gasteiger partial charge is 0.479 e. The first kappa shape index (κ1) is 9.60. The number of aromatic nitrogens is 2. The van der Waals surface area contributed by atoms with Gasteiger partial charge in [-0.05, 0) is 6.07 Å². The number of carboxylic acids is 1. The monoisotopic (exact) mass is 182 g/mol. The number of carbonyl (C=O) groups is 1. The molecule has 0 aliphatic heterocycles. The predicted molar refractivity (Wildman–Crippen MR) is 44.2 cm³/mol. The van der Waals surface area contributed by atoms with Crippen LogP contribution in [0.1, 0.15) is 5.82 Å². The Morgan fingerprint density at radius 1 is 1.62 bits per heavy atom. The summed E-state index contributed by atoms with van der Waals surface area (Å²) in [7, 11) is 1.35. The minimum absolute atomic E-state index is 0.187. The van der Waals surface area contributed by atoms with E-state index in [9.17, 15) is 4.79 Å². The second-order valence-electron chi connectivity index (χ2n) is 2.43. The molecule has 0 aliphatic rings. The van der Waals surface area contributed by atoms with E-state index in [4.69, 9.17) is 9.84 Å². The van der Waals surface area contributed by atoms with Gasteiger partial charge in [0.05, 0.1) is 0 Å². The van der Waals surface area contributed by atoms with Crippen LogP contribution < -0.4 is 0 Å². The molecular weight excluding hydrogens is 172 g/mol. The number of hydrogen-bond acceptors (Lipinski definition) is 4. The van der Waals surface area contributed by atoms with Crippen molar-refractivity contribution in [2.45, 2.75) is 12.5 Å². The second-order valence-corrected chi connectivity index (χ2v) is 2.43. The second kappa shape index (κ2) is 4.51. The lowest BCUT2D eigenvalue weighted by Crippen LogP contribution is -2.25. The Morgan fingerprint density at radius 2 is 2.23 bits per heavy atom. The molecule has 0 radical (unpaired) electrons. The molecule has 0 aliphatic carbocycles. The maximum atomic E-state index is 10.6. The predicted octanol–water partition coefficient (Wildman–Crippen LogP) is 0.119. The molecule has 1 rings (SSSR count). The Hall–Kier alpha value is -1.49. The van der Waals surface area contributed by atoms with E-state index in [1.165, 1.54) is 7.11 Å². The highest BCUT2D eigenvalue weighted by Crippen LogP contribution is 1.99. The number of carboxylic acid groups (broad SMARTS) is 1. The van der Waals surface area contributed by atoms with Crippen molar-refractivity contribution >= 4 is 5.97 Å². The van der Waals surface area contributed by atoms with Crippen LogP contribution in [0.4, 0.5) is 0 Å². The first-order valence-electron chi connectivity index (χ1n) is 3.75. The average molecular weight is 182 g/mol. The quantitative estimate of drug-likeness (QED) is 0.715. The van der Waals surface area contributed by atoms with Gasteiger partial charge in [0, 0.05) is 25.9 Å². The van der Waals surface area contributed by atoms with E-state index in [1.807, 2.05) is 0 Å². The third-order valence-electron chi connectivity index (χ3n) is 1.55. The van der Waals surface area contributed by atoms with Crippen LogP contribution in [0.5, 0.6) is 0 Å². The summed E-state index contributed by atoms with van der Waals surface area (Å²) in [5.41, 5.74) is 0. The standard InChI is InChI=1S/C8H10N2O3/c1-13-6(8(11)12)5-7-9-3-2-4-10-7/h2-4,6H,5H2,1H3,(H,11,12). The average Bonchev–Trinajstić information content (AvgIpc) is 2.15. The Kier molecular flexibility index (Phi) is 3.33. The van der Waals surface area contributed by atoms with Gasteiger partial charge in [0.25, 0.3) is 0 Å². The highest BCUT2D eigenvalue weighted by Gasteiger charge is 2.17. The van der Waals surface area contributed by atoms with Gasteiger partial charge in [-0.25, -0.2) is 14.8 Å². The number of rotatable bonds is 4. The van der Waals surface area contributed by atoms with Crippen molar-refractivity contribution in [2.24, 2.45) is 0 Å². The summed E-state index contributed by atoms with van der Waals surface area (Å²) >= 11 is 0. The molecule has 0 bridgehead atoms. The highest BCUT2D eigenvalue weighted by molar-refractivity contribution is 5.72. The van der Waals surface area contributed by atoms with Crippen LogP contribution in [-0.2, 0) is 16.0 Å². The van der Waals surface area contributed by atoms with Crippen LogP contribution in [0.2, 0.25) is 0 Å². The van der Waals surface area contributed by atoms with Crippen LogP contribution in [0.25, 0.3) is 0 Å². The van der Waals surface area contributed by atoms with Crippen molar-refractivity contribution in [3.05, 3.63) is 24.3 Å². The van der Waals surface area contributed by atoms with E-state index in [2.05, 4.69) is 9.97 Å². The van der Waals surface area contributed by atoms with E-state index in [1.54, 1.807) is 18.5 Å². The van der Waals surface area contributed by atoms with Gasteiger partial charge in [0.1, 0.15) is 5.82 Å². The minimum Gasteiger partial charge on any atom is -0.479 e. The molecule has 0 saturated heterocycles. The number of nitrogens with zero attached hydrogens (tertiary/aromatic N) is 2. The molecule has 1 unspecified atom stereocenters. The first-order valence-corrected chi connectivity index (χ1v) is 3.75. The lowest BCUT2D eigenvalue weighted by Gasteiger charge is -2.07. The molecule has 70 valence electrons. The van der Waals surface area contributed by atoms with E-state index in [0.717, 1.165) is 0 Å². The van der Waals surface area contributed by atoms with E-state index < -0.39 is 12.1 Å². The molecule has 0 fully saturated rings. The summed E-state index contributed by atoms with van der Waals surface area (Å²) in [5.74, 6) is -0.535. The molecule has 0 spiro atoms. The third-order valence-corrected chi connectivity index (χ3v) is 1.55. The molecule has 5 nitrogen and oxygen atoms in total. The Bertz CT molecular complexity index is 276. The number of methoxy groups -OCH3 is 1. The third kappa shape index (κ3) is 2.79. The van der Waals surface area contributed by atoms with Gasteiger partial charge in [0.2, 0.25) is 0 Å². The van der Waals surface area contributed by atoms with Gasteiger partial charge in [0.15, 0.2) is 6.10 Å². The Labute approximate surface area is 75.4 Å². The molecule has 0 saturated carbocycles. The molecule has 1 N–H and O–H groups in total. The van der Waals surface area contributed by atoms with Gasteiger partial charge in [-0.15, -0.1) is 0 Å². The normalized spacial score (nSPS) is 12.4.